The lowest BCUT2D eigenvalue weighted by molar-refractivity contribution is -0.141. The van der Waals surface area contributed by atoms with Gasteiger partial charge >= 0.3 is 5.97 Å². The van der Waals surface area contributed by atoms with Crippen molar-refractivity contribution < 1.29 is 29.5 Å². The van der Waals surface area contributed by atoms with Gasteiger partial charge in [0.25, 0.3) is 5.91 Å². The van der Waals surface area contributed by atoms with E-state index in [2.05, 4.69) is 10.6 Å². The Morgan fingerprint density at radius 2 is 1.58 bits per heavy atom. The van der Waals surface area contributed by atoms with Crippen LogP contribution in [0, 0.1) is 17.8 Å². The number of rotatable bonds is 13. The van der Waals surface area contributed by atoms with Crippen LogP contribution in [-0.2, 0) is 20.9 Å². The molecule has 2 unspecified atom stereocenters. The molecule has 1 aromatic carbocycles. The highest BCUT2D eigenvalue weighted by Gasteiger charge is 2.27. The molecule has 0 fully saturated rings. The molecule has 0 aliphatic heterocycles. The zero-order valence-electron chi connectivity index (χ0n) is 18.3. The molecule has 9 heteroatoms. The number of carboxylic acid groups (broad SMARTS) is 1. The van der Waals surface area contributed by atoms with Gasteiger partial charge in [-0.25, -0.2) is 10.3 Å². The van der Waals surface area contributed by atoms with Gasteiger partial charge in [-0.2, -0.15) is 0 Å². The molecule has 1 rings (SSSR count). The van der Waals surface area contributed by atoms with E-state index in [-0.39, 0.29) is 36.4 Å². The second-order valence-electron chi connectivity index (χ2n) is 7.94. The number of hydroxylamine groups is 1. The summed E-state index contributed by atoms with van der Waals surface area (Å²) in [4.78, 5) is 47.6. The van der Waals surface area contributed by atoms with E-state index >= 15 is 0 Å². The fourth-order valence-electron chi connectivity index (χ4n) is 3.23. The number of hydrogen-bond donors (Lipinski definition) is 5. The van der Waals surface area contributed by atoms with E-state index in [1.165, 1.54) is 17.6 Å². The molecule has 3 amide bonds. The number of benzene rings is 1. The molecule has 0 heterocycles. The highest BCUT2D eigenvalue weighted by Crippen LogP contribution is 2.14. The summed E-state index contributed by atoms with van der Waals surface area (Å²) in [5.41, 5.74) is 2.50. The maximum atomic E-state index is 12.6. The number of carboxylic acids is 1. The average Bonchev–Trinajstić information content (AvgIpc) is 2.74. The summed E-state index contributed by atoms with van der Waals surface area (Å²) in [5, 5.41) is 23.3. The molecule has 2 atom stereocenters. The van der Waals surface area contributed by atoms with Gasteiger partial charge in [-0.3, -0.25) is 19.6 Å². The quantitative estimate of drug-likeness (QED) is 0.182. The minimum absolute atomic E-state index is 0.0937. The normalized spacial score (nSPS) is 12.7. The fourth-order valence-corrected chi connectivity index (χ4v) is 3.23. The average molecular weight is 436 g/mol. The van der Waals surface area contributed by atoms with Crippen molar-refractivity contribution in [3.8, 4) is 0 Å². The summed E-state index contributed by atoms with van der Waals surface area (Å²) in [6.07, 6.45) is 2.16. The number of amides is 3. The third-order valence-corrected chi connectivity index (χ3v) is 4.92. The van der Waals surface area contributed by atoms with Crippen LogP contribution in [0.2, 0.25) is 0 Å². The van der Waals surface area contributed by atoms with E-state index < -0.39 is 23.7 Å². The lowest BCUT2D eigenvalue weighted by Gasteiger charge is -2.19. The predicted octanol–water partition coefficient (Wildman–Crippen LogP) is 2.09. The molecule has 0 aliphatic carbocycles. The highest BCUT2D eigenvalue weighted by atomic mass is 16.5. The van der Waals surface area contributed by atoms with Gasteiger partial charge in [0.1, 0.15) is 5.92 Å². The van der Waals surface area contributed by atoms with Crippen LogP contribution in [0.1, 0.15) is 62.4 Å². The second kappa shape index (κ2) is 13.4. The van der Waals surface area contributed by atoms with Crippen LogP contribution >= 0.6 is 0 Å². The van der Waals surface area contributed by atoms with Crippen molar-refractivity contribution in [2.45, 2.75) is 53.0 Å². The van der Waals surface area contributed by atoms with Crippen LogP contribution in [0.25, 0.3) is 0 Å². The Morgan fingerprint density at radius 3 is 2.10 bits per heavy atom. The maximum Gasteiger partial charge on any atom is 0.335 e. The predicted molar refractivity (Wildman–Crippen MR) is 114 cm³/mol. The van der Waals surface area contributed by atoms with Crippen LogP contribution in [0.15, 0.2) is 24.3 Å². The summed E-state index contributed by atoms with van der Waals surface area (Å²) >= 11 is 0. The minimum Gasteiger partial charge on any atom is -0.478 e. The Kier molecular flexibility index (Phi) is 11.3. The van der Waals surface area contributed by atoms with E-state index in [9.17, 15) is 19.2 Å². The third-order valence-electron chi connectivity index (χ3n) is 4.92. The van der Waals surface area contributed by atoms with Gasteiger partial charge in [-0.15, -0.1) is 0 Å². The van der Waals surface area contributed by atoms with Crippen LogP contribution in [0.3, 0.4) is 0 Å². The van der Waals surface area contributed by atoms with Gasteiger partial charge in [-0.1, -0.05) is 39.3 Å². The summed E-state index contributed by atoms with van der Waals surface area (Å²) < 4.78 is 0. The number of nitrogens with one attached hydrogen (secondary N) is 3. The van der Waals surface area contributed by atoms with Crippen molar-refractivity contribution in [3.05, 3.63) is 35.4 Å². The fraction of sp³-hybridized carbons (Fsp3) is 0.545. The molecule has 172 valence electrons. The first-order valence-corrected chi connectivity index (χ1v) is 10.5. The lowest BCUT2D eigenvalue weighted by atomic mass is 9.95. The SMILES string of the molecule is CCCC(CCNC(=O)C(CC(C)C)C(=O)NO)C(=O)NCc1ccc(C(=O)O)cc1. The molecular formula is C22H33N3O6. The van der Waals surface area contributed by atoms with Gasteiger partial charge in [-0.05, 0) is 42.9 Å². The van der Waals surface area contributed by atoms with Crippen LogP contribution in [0.5, 0.6) is 0 Å². The van der Waals surface area contributed by atoms with Crippen molar-refractivity contribution in [2.24, 2.45) is 17.8 Å². The van der Waals surface area contributed by atoms with E-state index in [0.29, 0.717) is 19.3 Å². The molecule has 0 radical (unpaired) electrons. The Bertz CT molecular complexity index is 748. The summed E-state index contributed by atoms with van der Waals surface area (Å²) in [6, 6.07) is 6.28. The smallest absolute Gasteiger partial charge is 0.335 e. The number of hydrogen-bond acceptors (Lipinski definition) is 5. The molecule has 0 spiro atoms. The van der Waals surface area contributed by atoms with E-state index in [4.69, 9.17) is 10.3 Å². The Morgan fingerprint density at radius 1 is 0.935 bits per heavy atom. The standard InChI is InChI=1S/C22H33N3O6/c1-4-5-16(10-11-23-20(27)18(12-14(2)3)21(28)25-31)19(26)24-13-15-6-8-17(9-7-15)22(29)30/h6-9,14,16,18,31H,4-5,10-13H2,1-3H3,(H,23,27)(H,24,26)(H,25,28)(H,29,30). The molecule has 31 heavy (non-hydrogen) atoms. The zero-order valence-corrected chi connectivity index (χ0v) is 18.3. The Hall–Kier alpha value is -2.94. The first kappa shape index (κ1) is 26.1. The summed E-state index contributed by atoms with van der Waals surface area (Å²) in [6.45, 7) is 6.23. The van der Waals surface area contributed by atoms with Crippen molar-refractivity contribution in [2.75, 3.05) is 6.54 Å². The van der Waals surface area contributed by atoms with E-state index in [0.717, 1.165) is 12.0 Å². The molecule has 0 aromatic heterocycles. The molecule has 0 saturated carbocycles. The molecule has 9 nitrogen and oxygen atoms in total. The van der Waals surface area contributed by atoms with Crippen molar-refractivity contribution >= 4 is 23.7 Å². The molecular weight excluding hydrogens is 402 g/mol. The third kappa shape index (κ3) is 9.17. The molecule has 0 aliphatic rings. The van der Waals surface area contributed by atoms with Crippen molar-refractivity contribution in [1.82, 2.24) is 16.1 Å². The monoisotopic (exact) mass is 435 g/mol. The first-order chi connectivity index (χ1) is 14.7. The molecule has 0 saturated heterocycles. The van der Waals surface area contributed by atoms with Gasteiger partial charge < -0.3 is 15.7 Å². The van der Waals surface area contributed by atoms with Crippen molar-refractivity contribution in [3.63, 3.8) is 0 Å². The maximum absolute atomic E-state index is 12.6. The molecule has 5 N–H and O–H groups in total. The zero-order chi connectivity index (χ0) is 23.4. The number of aromatic carboxylic acids is 1. The largest absolute Gasteiger partial charge is 0.478 e. The Balaban J connectivity index is 2.58. The van der Waals surface area contributed by atoms with Crippen LogP contribution in [-0.4, -0.2) is 40.5 Å². The number of carbonyl (C=O) groups is 4. The molecule has 1 aromatic rings. The van der Waals surface area contributed by atoms with Crippen LogP contribution in [0.4, 0.5) is 0 Å². The van der Waals surface area contributed by atoms with Gasteiger partial charge in [0, 0.05) is 19.0 Å². The van der Waals surface area contributed by atoms with E-state index in [1.54, 1.807) is 12.1 Å². The Labute approximate surface area is 182 Å². The summed E-state index contributed by atoms with van der Waals surface area (Å²) in [7, 11) is 0. The van der Waals surface area contributed by atoms with E-state index in [1.807, 2.05) is 20.8 Å². The second-order valence-corrected chi connectivity index (χ2v) is 7.94. The number of carbonyl (C=O) groups excluding carboxylic acids is 3. The van der Waals surface area contributed by atoms with Crippen molar-refractivity contribution in [1.29, 1.82) is 0 Å². The van der Waals surface area contributed by atoms with Gasteiger partial charge in [0.15, 0.2) is 0 Å². The van der Waals surface area contributed by atoms with Gasteiger partial charge in [0.05, 0.1) is 5.56 Å². The summed E-state index contributed by atoms with van der Waals surface area (Å²) in [5.74, 6) is -3.58. The lowest BCUT2D eigenvalue weighted by Crippen LogP contribution is -2.42. The highest BCUT2D eigenvalue weighted by molar-refractivity contribution is 5.99. The minimum atomic E-state index is -1.01. The topological polar surface area (TPSA) is 145 Å². The molecule has 0 bridgehead atoms. The van der Waals surface area contributed by atoms with Crippen LogP contribution < -0.4 is 16.1 Å². The van der Waals surface area contributed by atoms with Gasteiger partial charge in [0.2, 0.25) is 11.8 Å². The first-order valence-electron chi connectivity index (χ1n) is 10.5.